The van der Waals surface area contributed by atoms with Crippen LogP contribution in [0.15, 0.2) is 0 Å². The van der Waals surface area contributed by atoms with Gasteiger partial charge in [0.15, 0.2) is 9.76 Å². The normalized spacial score (nSPS) is 38.8. The van der Waals surface area contributed by atoms with Gasteiger partial charge in [-0.15, -0.1) is 0 Å². The van der Waals surface area contributed by atoms with Crippen molar-refractivity contribution in [1.29, 1.82) is 0 Å². The molecule has 0 aromatic carbocycles. The van der Waals surface area contributed by atoms with Crippen LogP contribution in [0.5, 0.6) is 0 Å². The van der Waals surface area contributed by atoms with Crippen molar-refractivity contribution in [2.24, 2.45) is 11.8 Å². The van der Waals surface area contributed by atoms with Crippen LogP contribution in [-0.4, -0.2) is 16.4 Å². The van der Waals surface area contributed by atoms with E-state index in [0.29, 0.717) is 0 Å². The van der Waals surface area contributed by atoms with E-state index >= 15 is 0 Å². The van der Waals surface area contributed by atoms with Crippen molar-refractivity contribution >= 4 is 9.76 Å². The van der Waals surface area contributed by atoms with Crippen molar-refractivity contribution in [3.63, 3.8) is 0 Å². The summed E-state index contributed by atoms with van der Waals surface area (Å²) in [5.74, 6) is 2.34. The molecular weight excluding hydrogens is 176 g/mol. The Bertz CT molecular complexity index is 116. The maximum atomic E-state index is 5.21. The van der Waals surface area contributed by atoms with Crippen molar-refractivity contribution in [2.45, 2.75) is 51.0 Å². The molecule has 76 valence electrons. The summed E-state index contributed by atoms with van der Waals surface area (Å²) in [7, 11) is 0.00849. The number of hydrogen-bond donors (Lipinski definition) is 0. The van der Waals surface area contributed by atoms with E-state index in [1.165, 1.54) is 30.7 Å². The quantitative estimate of drug-likeness (QED) is 0.543. The highest BCUT2D eigenvalue weighted by Crippen LogP contribution is 2.43. The molecular formula is C11H22OSi. The molecule has 0 aromatic heterocycles. The van der Waals surface area contributed by atoms with Crippen LogP contribution in [0.3, 0.4) is 0 Å². The zero-order valence-electron chi connectivity index (χ0n) is 8.63. The fourth-order valence-electron chi connectivity index (χ4n) is 2.86. The van der Waals surface area contributed by atoms with Gasteiger partial charge in [-0.2, -0.15) is 0 Å². The third-order valence-corrected chi connectivity index (χ3v) is 5.08. The number of rotatable bonds is 0. The molecule has 2 heteroatoms. The molecule has 3 fully saturated rings. The summed E-state index contributed by atoms with van der Waals surface area (Å²) in [6, 6.07) is 1.42. The second-order valence-corrected chi connectivity index (χ2v) is 6.32. The first-order chi connectivity index (χ1) is 6.45. The lowest BCUT2D eigenvalue weighted by Gasteiger charge is -2.07. The van der Waals surface area contributed by atoms with Gasteiger partial charge in [0.1, 0.15) is 0 Å². The Morgan fingerprint density at radius 2 is 1.62 bits per heavy atom. The van der Waals surface area contributed by atoms with Crippen LogP contribution >= 0.6 is 0 Å². The van der Waals surface area contributed by atoms with Gasteiger partial charge < -0.3 is 4.43 Å². The summed E-state index contributed by atoms with van der Waals surface area (Å²) in [5, 5.41) is 0. The molecule has 0 aromatic rings. The molecule has 2 saturated carbocycles. The Hall–Kier alpha value is 0.177. The average Bonchev–Trinajstić information content (AvgIpc) is 2.85. The highest BCUT2D eigenvalue weighted by atomic mass is 28.2. The van der Waals surface area contributed by atoms with Crippen LogP contribution in [-0.2, 0) is 4.43 Å². The molecule has 0 spiro atoms. The fraction of sp³-hybridized carbons (Fsp3) is 1.00. The van der Waals surface area contributed by atoms with E-state index in [0.717, 1.165) is 6.61 Å². The van der Waals surface area contributed by atoms with Crippen molar-refractivity contribution in [3.05, 3.63) is 0 Å². The van der Waals surface area contributed by atoms with E-state index in [-0.39, 0.29) is 9.76 Å². The number of fused-ring (bicyclic) bond motifs is 2. The predicted octanol–water partition coefficient (Wildman–Crippen LogP) is 2.50. The second-order valence-electron chi connectivity index (χ2n) is 4.80. The SMILES string of the molecule is C1CC2CCC1C2.C1CC[SiH2]OC1. The molecule has 0 atom stereocenters. The van der Waals surface area contributed by atoms with E-state index in [2.05, 4.69) is 0 Å². The smallest absolute Gasteiger partial charge is 0.161 e. The number of hydrogen-bond acceptors (Lipinski definition) is 1. The third-order valence-electron chi connectivity index (χ3n) is 3.71. The van der Waals surface area contributed by atoms with E-state index < -0.39 is 0 Å². The van der Waals surface area contributed by atoms with E-state index in [1.807, 2.05) is 0 Å². The van der Waals surface area contributed by atoms with Gasteiger partial charge in [-0.3, -0.25) is 0 Å². The van der Waals surface area contributed by atoms with E-state index in [9.17, 15) is 0 Å². The molecule has 3 rings (SSSR count). The molecule has 1 heterocycles. The lowest BCUT2D eigenvalue weighted by Crippen LogP contribution is -2.06. The van der Waals surface area contributed by atoms with Gasteiger partial charge in [-0.25, -0.2) is 0 Å². The van der Waals surface area contributed by atoms with Crippen molar-refractivity contribution in [2.75, 3.05) is 6.61 Å². The first-order valence-corrected chi connectivity index (χ1v) is 7.60. The minimum absolute atomic E-state index is 0.00849. The second kappa shape index (κ2) is 5.16. The highest BCUT2D eigenvalue weighted by molar-refractivity contribution is 6.27. The molecule has 0 unspecified atom stereocenters. The first-order valence-electron chi connectivity index (χ1n) is 6.03. The van der Waals surface area contributed by atoms with Crippen LogP contribution in [0, 0.1) is 11.8 Å². The topological polar surface area (TPSA) is 9.23 Å². The highest BCUT2D eigenvalue weighted by Gasteiger charge is 2.30. The third kappa shape index (κ3) is 3.10. The largest absolute Gasteiger partial charge is 0.424 e. The van der Waals surface area contributed by atoms with E-state index in [4.69, 9.17) is 4.43 Å². The molecule has 3 aliphatic rings. The Morgan fingerprint density at radius 1 is 0.923 bits per heavy atom. The van der Waals surface area contributed by atoms with Crippen LogP contribution in [0.4, 0.5) is 0 Å². The minimum atomic E-state index is 0.00849. The molecule has 1 saturated heterocycles. The van der Waals surface area contributed by atoms with Gasteiger partial charge in [0.25, 0.3) is 0 Å². The predicted molar refractivity (Wildman–Crippen MR) is 58.6 cm³/mol. The molecule has 0 amide bonds. The van der Waals surface area contributed by atoms with Gasteiger partial charge in [0.05, 0.1) is 0 Å². The molecule has 13 heavy (non-hydrogen) atoms. The van der Waals surface area contributed by atoms with E-state index in [1.54, 1.807) is 32.1 Å². The lowest BCUT2D eigenvalue weighted by molar-refractivity contribution is 0.304. The minimum Gasteiger partial charge on any atom is -0.424 e. The lowest BCUT2D eigenvalue weighted by atomic mass is 10.0. The van der Waals surface area contributed by atoms with Crippen molar-refractivity contribution < 1.29 is 4.43 Å². The molecule has 0 N–H and O–H groups in total. The summed E-state index contributed by atoms with van der Waals surface area (Å²) >= 11 is 0. The molecule has 0 radical (unpaired) electrons. The first kappa shape index (κ1) is 9.72. The van der Waals surface area contributed by atoms with Crippen LogP contribution in [0.1, 0.15) is 44.9 Å². The van der Waals surface area contributed by atoms with Crippen LogP contribution < -0.4 is 0 Å². The van der Waals surface area contributed by atoms with Crippen molar-refractivity contribution in [3.8, 4) is 0 Å². The maximum Gasteiger partial charge on any atom is 0.161 e. The van der Waals surface area contributed by atoms with Crippen LogP contribution in [0.2, 0.25) is 6.04 Å². The van der Waals surface area contributed by atoms with Crippen molar-refractivity contribution in [1.82, 2.24) is 0 Å². The molecule has 2 aliphatic carbocycles. The maximum absolute atomic E-state index is 5.21. The molecule has 1 nitrogen and oxygen atoms in total. The van der Waals surface area contributed by atoms with Gasteiger partial charge in [-0.05, 0) is 30.7 Å². The van der Waals surface area contributed by atoms with Gasteiger partial charge in [-0.1, -0.05) is 32.1 Å². The Kier molecular flexibility index (Phi) is 3.86. The summed E-state index contributed by atoms with van der Waals surface area (Å²) in [5.41, 5.74) is 0. The molecule has 2 bridgehead atoms. The zero-order valence-corrected chi connectivity index (χ0v) is 10.0. The fourth-order valence-corrected chi connectivity index (χ4v) is 4.03. The monoisotopic (exact) mass is 198 g/mol. The van der Waals surface area contributed by atoms with Gasteiger partial charge in [0.2, 0.25) is 0 Å². The Labute approximate surface area is 84.2 Å². The Morgan fingerprint density at radius 3 is 1.77 bits per heavy atom. The van der Waals surface area contributed by atoms with Crippen LogP contribution in [0.25, 0.3) is 0 Å². The Balaban J connectivity index is 0.000000102. The summed E-state index contributed by atoms with van der Waals surface area (Å²) in [6.45, 7) is 1.06. The average molecular weight is 198 g/mol. The standard InChI is InChI=1S/C7H12.C4H10OSi/c1-2-7-4-3-6(1)5-7;1-2-4-6-5-3-1/h6-7H,1-5H2;1-4,6H2. The van der Waals surface area contributed by atoms with Gasteiger partial charge >= 0.3 is 0 Å². The summed E-state index contributed by atoms with van der Waals surface area (Å²) in [4.78, 5) is 0. The zero-order chi connectivity index (χ0) is 8.93. The summed E-state index contributed by atoms with van der Waals surface area (Å²) < 4.78 is 5.21. The molecule has 1 aliphatic heterocycles. The van der Waals surface area contributed by atoms with Gasteiger partial charge in [0, 0.05) is 6.61 Å². The summed E-state index contributed by atoms with van der Waals surface area (Å²) in [6.07, 6.45) is 10.6.